The third-order valence-electron chi connectivity index (χ3n) is 2.67. The zero-order valence-electron chi connectivity index (χ0n) is 9.16. The first-order chi connectivity index (χ1) is 6.72. The van der Waals surface area contributed by atoms with Gasteiger partial charge in [-0.3, -0.25) is 0 Å². The van der Waals surface area contributed by atoms with Crippen LogP contribution in [0.2, 0.25) is 0 Å². The summed E-state index contributed by atoms with van der Waals surface area (Å²) in [5, 5.41) is 11.7. The van der Waals surface area contributed by atoms with Crippen LogP contribution in [0.4, 0.5) is 0 Å². The maximum Gasteiger partial charge on any atom is 0.101 e. The van der Waals surface area contributed by atoms with Gasteiger partial charge in [-0.2, -0.15) is 0 Å². The molecule has 82 valence electrons. The first kappa shape index (κ1) is 11.7. The van der Waals surface area contributed by atoms with Gasteiger partial charge < -0.3 is 14.6 Å². The molecule has 0 aromatic rings. The topological polar surface area (TPSA) is 41.5 Å². The Hall–Kier alpha value is -0.380. The van der Waals surface area contributed by atoms with Crippen molar-refractivity contribution in [3.63, 3.8) is 0 Å². The average molecular weight is 199 g/mol. The molecule has 0 aliphatic heterocycles. The van der Waals surface area contributed by atoms with Gasteiger partial charge in [0.2, 0.25) is 0 Å². The summed E-state index contributed by atoms with van der Waals surface area (Å²) in [5.41, 5.74) is 1.22. The normalized spacial score (nSPS) is 32.9. The van der Waals surface area contributed by atoms with Gasteiger partial charge in [0.1, 0.15) is 6.10 Å². The molecule has 3 nitrogen and oxygen atoms in total. The predicted molar refractivity (Wildman–Crippen MR) is 53.0 cm³/mol. The van der Waals surface area contributed by atoms with Gasteiger partial charge in [-0.05, 0) is 12.8 Å². The van der Waals surface area contributed by atoms with Crippen molar-refractivity contribution in [1.29, 1.82) is 0 Å². The van der Waals surface area contributed by atoms with Crippen LogP contribution in [0.25, 0.3) is 0 Å². The highest BCUT2D eigenvalue weighted by Gasteiger charge is 2.26. The third-order valence-corrected chi connectivity index (χ3v) is 2.67. The highest BCUT2D eigenvalue weighted by molar-refractivity contribution is 5.14. The van der Waals surface area contributed by atoms with Gasteiger partial charge in [0.05, 0.1) is 6.10 Å². The molecule has 0 aromatic heterocycles. The molecule has 0 bridgehead atoms. The van der Waals surface area contributed by atoms with E-state index in [1.165, 1.54) is 5.57 Å². The van der Waals surface area contributed by atoms with E-state index < -0.39 is 6.10 Å². The van der Waals surface area contributed by atoms with E-state index in [9.17, 15) is 5.11 Å². The maximum atomic E-state index is 11.7. The van der Waals surface area contributed by atoms with Crippen molar-refractivity contribution in [2.45, 2.75) is 44.5 Å². The summed E-state index contributed by atoms with van der Waals surface area (Å²) in [5.74, 6) is 0. The molecule has 3 heteroatoms. The molecule has 0 spiro atoms. The molecule has 1 rings (SSSR count). The summed E-state index contributed by atoms with van der Waals surface area (Å²) in [4.78, 5) is 0. The first-order valence-electron chi connectivity index (χ1n) is 5.13. The largest absolute Gasteiger partial charge is 0.850 e. The van der Waals surface area contributed by atoms with Gasteiger partial charge in [0.25, 0.3) is 0 Å². The van der Waals surface area contributed by atoms with Crippen LogP contribution < -0.4 is 5.11 Å². The van der Waals surface area contributed by atoms with Crippen LogP contribution in [-0.4, -0.2) is 32.5 Å². The minimum Gasteiger partial charge on any atom is -0.850 e. The average Bonchev–Trinajstić information content (AvgIpc) is 2.17. The Morgan fingerprint density at radius 3 is 2.64 bits per heavy atom. The fourth-order valence-electron chi connectivity index (χ4n) is 1.98. The molecular formula is C11H19O3-. The van der Waals surface area contributed by atoms with Crippen LogP contribution in [0.1, 0.15) is 26.2 Å². The molecule has 0 radical (unpaired) electrons. The zero-order valence-corrected chi connectivity index (χ0v) is 9.16. The van der Waals surface area contributed by atoms with Crippen LogP contribution in [0.3, 0.4) is 0 Å². The molecule has 3 unspecified atom stereocenters. The van der Waals surface area contributed by atoms with Crippen LogP contribution in [0, 0.1) is 0 Å². The van der Waals surface area contributed by atoms with Gasteiger partial charge in [-0.15, -0.1) is 0 Å². The third kappa shape index (κ3) is 2.56. The van der Waals surface area contributed by atoms with Gasteiger partial charge in [-0.1, -0.05) is 31.1 Å². The fourth-order valence-corrected chi connectivity index (χ4v) is 1.98. The first-order valence-corrected chi connectivity index (χ1v) is 5.13. The Morgan fingerprint density at radius 1 is 1.43 bits per heavy atom. The second-order valence-electron chi connectivity index (χ2n) is 3.72. The minimum atomic E-state index is -0.684. The molecule has 1 aliphatic carbocycles. The maximum absolute atomic E-state index is 11.7. The number of hydrogen-bond donors (Lipinski definition) is 0. The lowest BCUT2D eigenvalue weighted by atomic mass is 9.90. The van der Waals surface area contributed by atoms with Gasteiger partial charge in [0, 0.05) is 14.2 Å². The van der Waals surface area contributed by atoms with E-state index in [2.05, 4.69) is 6.92 Å². The van der Waals surface area contributed by atoms with Crippen molar-refractivity contribution < 1.29 is 14.6 Å². The molecule has 14 heavy (non-hydrogen) atoms. The van der Waals surface area contributed by atoms with Crippen LogP contribution in [0.5, 0.6) is 0 Å². The Balaban J connectivity index is 2.70. The standard InChI is InChI=1S/C11H19O3/c1-4-5-8-6-9(12)11(14-3)10(7-8)13-2/h7,9-11H,4-6H2,1-3H3/q-1. The second-order valence-corrected chi connectivity index (χ2v) is 3.72. The number of methoxy groups -OCH3 is 2. The summed E-state index contributed by atoms with van der Waals surface area (Å²) in [6.07, 6.45) is 3.54. The molecule has 0 heterocycles. The Kier molecular flexibility index (Phi) is 4.58. The highest BCUT2D eigenvalue weighted by Crippen LogP contribution is 2.24. The van der Waals surface area contributed by atoms with Crippen molar-refractivity contribution >= 4 is 0 Å². The Labute approximate surface area is 85.7 Å². The van der Waals surface area contributed by atoms with Crippen LogP contribution in [0.15, 0.2) is 11.6 Å². The summed E-state index contributed by atoms with van der Waals surface area (Å²) in [6, 6.07) is 0. The molecule has 0 N–H and O–H groups in total. The Bertz CT molecular complexity index is 201. The molecular weight excluding hydrogens is 180 g/mol. The van der Waals surface area contributed by atoms with E-state index in [-0.39, 0.29) is 12.2 Å². The molecule has 0 aromatic carbocycles. The molecule has 0 saturated heterocycles. The lowest BCUT2D eigenvalue weighted by Gasteiger charge is -2.39. The van der Waals surface area contributed by atoms with Crippen LogP contribution >= 0.6 is 0 Å². The molecule has 1 aliphatic rings. The lowest BCUT2D eigenvalue weighted by Crippen LogP contribution is -2.49. The van der Waals surface area contributed by atoms with Crippen molar-refractivity contribution in [2.75, 3.05) is 14.2 Å². The van der Waals surface area contributed by atoms with E-state index in [0.717, 1.165) is 12.8 Å². The lowest BCUT2D eigenvalue weighted by molar-refractivity contribution is -0.443. The summed E-state index contributed by atoms with van der Waals surface area (Å²) in [7, 11) is 3.19. The van der Waals surface area contributed by atoms with E-state index in [1.807, 2.05) is 6.08 Å². The van der Waals surface area contributed by atoms with Crippen LogP contribution in [-0.2, 0) is 9.47 Å². The van der Waals surface area contributed by atoms with Gasteiger partial charge >= 0.3 is 0 Å². The summed E-state index contributed by atoms with van der Waals surface area (Å²) >= 11 is 0. The van der Waals surface area contributed by atoms with Crippen molar-refractivity contribution in [3.8, 4) is 0 Å². The smallest absolute Gasteiger partial charge is 0.101 e. The van der Waals surface area contributed by atoms with Crippen molar-refractivity contribution in [3.05, 3.63) is 11.6 Å². The SMILES string of the molecule is CCCC1=CC(OC)C(OC)C([O-])C1. The van der Waals surface area contributed by atoms with E-state index in [0.29, 0.717) is 6.42 Å². The second kappa shape index (κ2) is 5.49. The highest BCUT2D eigenvalue weighted by atomic mass is 16.5. The van der Waals surface area contributed by atoms with Crippen molar-refractivity contribution in [2.24, 2.45) is 0 Å². The summed E-state index contributed by atoms with van der Waals surface area (Å²) in [6.45, 7) is 2.12. The quantitative estimate of drug-likeness (QED) is 0.631. The van der Waals surface area contributed by atoms with E-state index in [1.54, 1.807) is 14.2 Å². The van der Waals surface area contributed by atoms with E-state index in [4.69, 9.17) is 9.47 Å². The minimum absolute atomic E-state index is 0.169. The fraction of sp³-hybridized carbons (Fsp3) is 0.818. The predicted octanol–water partition coefficient (Wildman–Crippen LogP) is 0.875. The Morgan fingerprint density at radius 2 is 2.14 bits per heavy atom. The van der Waals surface area contributed by atoms with Gasteiger partial charge in [-0.25, -0.2) is 0 Å². The number of ether oxygens (including phenoxy) is 2. The van der Waals surface area contributed by atoms with Crippen molar-refractivity contribution in [1.82, 2.24) is 0 Å². The van der Waals surface area contributed by atoms with E-state index >= 15 is 0 Å². The number of rotatable bonds is 4. The molecule has 0 saturated carbocycles. The zero-order chi connectivity index (χ0) is 10.6. The molecule has 0 fully saturated rings. The van der Waals surface area contributed by atoms with Gasteiger partial charge in [0.15, 0.2) is 0 Å². The molecule has 3 atom stereocenters. The monoisotopic (exact) mass is 199 g/mol. The number of hydrogen-bond acceptors (Lipinski definition) is 3. The summed E-state index contributed by atoms with van der Waals surface area (Å²) < 4.78 is 10.4. The molecule has 0 amide bonds.